The third kappa shape index (κ3) is 2.96. The van der Waals surface area contributed by atoms with Crippen LogP contribution < -0.4 is 0 Å². The highest BCUT2D eigenvalue weighted by Crippen LogP contribution is 2.40. The van der Waals surface area contributed by atoms with E-state index in [0.717, 1.165) is 4.47 Å². The topological polar surface area (TPSA) is 12.9 Å². The summed E-state index contributed by atoms with van der Waals surface area (Å²) >= 11 is 7.38. The number of alkyl halides is 1. The minimum Gasteiger partial charge on any atom is -0.265 e. The van der Waals surface area contributed by atoms with Gasteiger partial charge in [-0.25, -0.2) is 0 Å². The standard InChI is InChI=1S/C14H13Br2N/c1-10(11-6-8-17-9-7-11)14(16)12-4-2-3-5-13(12)15/h2-10,14H,1H3. The molecule has 1 heterocycles. The molecule has 0 amide bonds. The summed E-state index contributed by atoms with van der Waals surface area (Å²) in [5.74, 6) is 0.400. The second-order valence-electron chi connectivity index (χ2n) is 3.99. The van der Waals surface area contributed by atoms with Gasteiger partial charge in [0.1, 0.15) is 0 Å². The van der Waals surface area contributed by atoms with Crippen LogP contribution in [0.1, 0.15) is 28.8 Å². The first kappa shape index (κ1) is 12.8. The number of hydrogen-bond acceptors (Lipinski definition) is 1. The average molecular weight is 355 g/mol. The molecule has 1 aromatic carbocycles. The van der Waals surface area contributed by atoms with Crippen LogP contribution in [-0.4, -0.2) is 4.98 Å². The van der Waals surface area contributed by atoms with Gasteiger partial charge in [-0.15, -0.1) is 0 Å². The van der Waals surface area contributed by atoms with Gasteiger partial charge in [0.05, 0.1) is 0 Å². The Labute approximate surface area is 119 Å². The predicted molar refractivity (Wildman–Crippen MR) is 78.5 cm³/mol. The first-order valence-corrected chi connectivity index (χ1v) is 7.19. The molecule has 2 atom stereocenters. The summed E-state index contributed by atoms with van der Waals surface area (Å²) in [5, 5.41) is 0. The van der Waals surface area contributed by atoms with Crippen LogP contribution in [0.4, 0.5) is 0 Å². The van der Waals surface area contributed by atoms with Gasteiger partial charge in [0.15, 0.2) is 0 Å². The van der Waals surface area contributed by atoms with Crippen molar-refractivity contribution < 1.29 is 0 Å². The molecule has 2 unspecified atom stereocenters. The van der Waals surface area contributed by atoms with Gasteiger partial charge in [0.2, 0.25) is 0 Å². The molecule has 2 rings (SSSR count). The summed E-state index contributed by atoms with van der Waals surface area (Å²) in [7, 11) is 0. The fourth-order valence-electron chi connectivity index (χ4n) is 1.80. The Kier molecular flexibility index (Phi) is 4.35. The number of halogens is 2. The molecule has 0 aliphatic heterocycles. The minimum absolute atomic E-state index is 0.292. The van der Waals surface area contributed by atoms with E-state index in [9.17, 15) is 0 Å². The zero-order chi connectivity index (χ0) is 12.3. The lowest BCUT2D eigenvalue weighted by atomic mass is 9.94. The van der Waals surface area contributed by atoms with E-state index in [2.05, 4.69) is 74.1 Å². The fourth-order valence-corrected chi connectivity index (χ4v) is 3.35. The smallest absolute Gasteiger partial charge is 0.0472 e. The van der Waals surface area contributed by atoms with E-state index in [1.54, 1.807) is 0 Å². The second-order valence-corrected chi connectivity index (χ2v) is 5.83. The average Bonchev–Trinajstić information content (AvgIpc) is 2.39. The highest BCUT2D eigenvalue weighted by atomic mass is 79.9. The van der Waals surface area contributed by atoms with Crippen molar-refractivity contribution in [2.45, 2.75) is 17.7 Å². The van der Waals surface area contributed by atoms with E-state index in [0.29, 0.717) is 10.7 Å². The van der Waals surface area contributed by atoms with Crippen LogP contribution in [0.5, 0.6) is 0 Å². The Hall–Kier alpha value is -0.670. The maximum Gasteiger partial charge on any atom is 0.0472 e. The SMILES string of the molecule is CC(c1ccncc1)C(Br)c1ccccc1Br. The first-order chi connectivity index (χ1) is 8.20. The molecule has 0 saturated heterocycles. The van der Waals surface area contributed by atoms with Gasteiger partial charge in [-0.2, -0.15) is 0 Å². The van der Waals surface area contributed by atoms with Gasteiger partial charge in [-0.05, 0) is 35.2 Å². The maximum absolute atomic E-state index is 4.05. The number of benzene rings is 1. The molecular weight excluding hydrogens is 342 g/mol. The molecule has 0 aliphatic rings. The Morgan fingerprint density at radius 1 is 1.06 bits per heavy atom. The number of aromatic nitrogens is 1. The normalized spacial score (nSPS) is 14.3. The molecule has 88 valence electrons. The van der Waals surface area contributed by atoms with Gasteiger partial charge < -0.3 is 0 Å². The third-order valence-corrected chi connectivity index (χ3v) is 4.88. The Balaban J connectivity index is 2.27. The molecule has 0 bridgehead atoms. The predicted octanol–water partition coefficient (Wildman–Crippen LogP) is 5.08. The summed E-state index contributed by atoms with van der Waals surface area (Å²) in [5.41, 5.74) is 2.56. The van der Waals surface area contributed by atoms with E-state index < -0.39 is 0 Å². The van der Waals surface area contributed by atoms with Crippen molar-refractivity contribution in [2.75, 3.05) is 0 Å². The summed E-state index contributed by atoms with van der Waals surface area (Å²) < 4.78 is 1.14. The van der Waals surface area contributed by atoms with Crippen LogP contribution in [0, 0.1) is 0 Å². The molecule has 0 saturated carbocycles. The van der Waals surface area contributed by atoms with Crippen molar-refractivity contribution in [2.24, 2.45) is 0 Å². The zero-order valence-electron chi connectivity index (χ0n) is 9.48. The molecule has 0 aliphatic carbocycles. The lowest BCUT2D eigenvalue weighted by Gasteiger charge is -2.20. The lowest BCUT2D eigenvalue weighted by molar-refractivity contribution is 0.748. The van der Waals surface area contributed by atoms with E-state index in [4.69, 9.17) is 0 Å². The van der Waals surface area contributed by atoms with Crippen molar-refractivity contribution in [3.63, 3.8) is 0 Å². The van der Waals surface area contributed by atoms with E-state index in [1.807, 2.05) is 18.5 Å². The van der Waals surface area contributed by atoms with Crippen molar-refractivity contribution in [3.05, 3.63) is 64.4 Å². The Morgan fingerprint density at radius 2 is 1.71 bits per heavy atom. The molecule has 0 fully saturated rings. The summed E-state index contributed by atoms with van der Waals surface area (Å²) in [4.78, 5) is 4.34. The van der Waals surface area contributed by atoms with Gasteiger partial charge >= 0.3 is 0 Å². The number of hydrogen-bond donors (Lipinski definition) is 0. The third-order valence-electron chi connectivity index (χ3n) is 2.87. The van der Waals surface area contributed by atoms with Crippen LogP contribution in [0.15, 0.2) is 53.3 Å². The Bertz CT molecular complexity index is 485. The van der Waals surface area contributed by atoms with Crippen molar-refractivity contribution in [1.29, 1.82) is 0 Å². The largest absolute Gasteiger partial charge is 0.265 e. The molecular formula is C14H13Br2N. The molecule has 1 aromatic heterocycles. The van der Waals surface area contributed by atoms with Crippen molar-refractivity contribution in [1.82, 2.24) is 4.98 Å². The molecule has 2 aromatic rings. The highest BCUT2D eigenvalue weighted by Gasteiger charge is 2.19. The molecule has 17 heavy (non-hydrogen) atoms. The van der Waals surface area contributed by atoms with Crippen molar-refractivity contribution >= 4 is 31.9 Å². The summed E-state index contributed by atoms with van der Waals surface area (Å²) in [6.07, 6.45) is 3.68. The van der Waals surface area contributed by atoms with Crippen LogP contribution >= 0.6 is 31.9 Å². The quantitative estimate of drug-likeness (QED) is 0.700. The fraction of sp³-hybridized carbons (Fsp3) is 0.214. The number of nitrogens with zero attached hydrogens (tertiary/aromatic N) is 1. The lowest BCUT2D eigenvalue weighted by Crippen LogP contribution is -2.02. The van der Waals surface area contributed by atoms with Crippen LogP contribution in [0.3, 0.4) is 0 Å². The van der Waals surface area contributed by atoms with E-state index in [1.165, 1.54) is 11.1 Å². The van der Waals surface area contributed by atoms with Gasteiger partial charge in [0, 0.05) is 21.7 Å². The van der Waals surface area contributed by atoms with Gasteiger partial charge in [-0.3, -0.25) is 4.98 Å². The molecule has 1 nitrogen and oxygen atoms in total. The molecule has 0 spiro atoms. The molecule has 0 N–H and O–H groups in total. The highest BCUT2D eigenvalue weighted by molar-refractivity contribution is 9.11. The van der Waals surface area contributed by atoms with Gasteiger partial charge in [0.25, 0.3) is 0 Å². The maximum atomic E-state index is 4.05. The monoisotopic (exact) mass is 353 g/mol. The minimum atomic E-state index is 0.292. The Morgan fingerprint density at radius 3 is 2.35 bits per heavy atom. The number of pyridine rings is 1. The van der Waals surface area contributed by atoms with Crippen LogP contribution in [-0.2, 0) is 0 Å². The molecule has 3 heteroatoms. The van der Waals surface area contributed by atoms with E-state index >= 15 is 0 Å². The zero-order valence-corrected chi connectivity index (χ0v) is 12.6. The molecule has 0 radical (unpaired) electrons. The second kappa shape index (κ2) is 5.78. The van der Waals surface area contributed by atoms with Gasteiger partial charge in [-0.1, -0.05) is 57.0 Å². The van der Waals surface area contributed by atoms with Crippen molar-refractivity contribution in [3.8, 4) is 0 Å². The first-order valence-electron chi connectivity index (χ1n) is 5.48. The van der Waals surface area contributed by atoms with E-state index in [-0.39, 0.29) is 0 Å². The van der Waals surface area contributed by atoms with Crippen LogP contribution in [0.25, 0.3) is 0 Å². The van der Waals surface area contributed by atoms with Crippen LogP contribution in [0.2, 0.25) is 0 Å². The number of rotatable bonds is 3. The summed E-state index contributed by atoms with van der Waals surface area (Å²) in [6.45, 7) is 2.22. The summed E-state index contributed by atoms with van der Waals surface area (Å²) in [6, 6.07) is 12.4.